The molecule has 0 saturated heterocycles. The van der Waals surface area contributed by atoms with E-state index in [9.17, 15) is 9.59 Å². The zero-order valence-electron chi connectivity index (χ0n) is 19.4. The number of pyridine rings is 1. The molecule has 0 saturated carbocycles. The number of benzene rings is 2. The predicted molar refractivity (Wildman–Crippen MR) is 136 cm³/mol. The molecule has 0 aliphatic rings. The van der Waals surface area contributed by atoms with Crippen LogP contribution in [0.4, 0.5) is 5.69 Å². The highest BCUT2D eigenvalue weighted by molar-refractivity contribution is 7.18. The third-order valence-electron chi connectivity index (χ3n) is 5.53. The lowest BCUT2D eigenvalue weighted by Gasteiger charge is -2.11. The number of ether oxygens (including phenoxy) is 2. The van der Waals surface area contributed by atoms with Crippen molar-refractivity contribution in [1.29, 1.82) is 0 Å². The van der Waals surface area contributed by atoms with Gasteiger partial charge in [0.1, 0.15) is 5.69 Å². The minimum atomic E-state index is -0.390. The van der Waals surface area contributed by atoms with Crippen LogP contribution in [0.25, 0.3) is 21.3 Å². The second-order valence-electron chi connectivity index (χ2n) is 7.65. The van der Waals surface area contributed by atoms with Crippen LogP contribution in [0, 0.1) is 6.92 Å². The third-order valence-corrected chi connectivity index (χ3v) is 6.66. The second-order valence-corrected chi connectivity index (χ2v) is 8.53. The van der Waals surface area contributed by atoms with Crippen LogP contribution in [-0.2, 0) is 0 Å². The summed E-state index contributed by atoms with van der Waals surface area (Å²) < 4.78 is 11.6. The second kappa shape index (κ2) is 9.93. The van der Waals surface area contributed by atoms with Gasteiger partial charge in [0.15, 0.2) is 17.3 Å². The molecule has 2 N–H and O–H groups in total. The van der Waals surface area contributed by atoms with Gasteiger partial charge in [0.25, 0.3) is 5.91 Å². The van der Waals surface area contributed by atoms with Crippen LogP contribution in [0.15, 0.2) is 53.9 Å². The van der Waals surface area contributed by atoms with Gasteiger partial charge in [0.05, 0.1) is 26.5 Å². The van der Waals surface area contributed by atoms with Crippen molar-refractivity contribution in [1.82, 2.24) is 10.3 Å². The molecule has 0 spiro atoms. The number of methoxy groups -OCH3 is 2. The summed E-state index contributed by atoms with van der Waals surface area (Å²) in [5, 5.41) is 8.93. The fourth-order valence-corrected chi connectivity index (χ4v) is 4.73. The Morgan fingerprint density at radius 2 is 1.82 bits per heavy atom. The molecule has 2 aromatic heterocycles. The highest BCUT2D eigenvalue weighted by Crippen LogP contribution is 2.36. The number of hydrogen-bond donors (Lipinski definition) is 2. The lowest BCUT2D eigenvalue weighted by molar-refractivity contribution is 0.0902. The molecule has 7 nitrogen and oxygen atoms in total. The van der Waals surface area contributed by atoms with Crippen LogP contribution >= 0.6 is 11.3 Å². The average molecular weight is 476 g/mol. The smallest absolute Gasteiger partial charge is 0.251 e. The molecule has 8 heteroatoms. The normalized spacial score (nSPS) is 10.7. The van der Waals surface area contributed by atoms with Gasteiger partial charge >= 0.3 is 0 Å². The molecule has 4 rings (SSSR count). The molecule has 2 heterocycles. The number of fused-ring (bicyclic) bond motifs is 1. The van der Waals surface area contributed by atoms with E-state index in [1.807, 2.05) is 12.1 Å². The van der Waals surface area contributed by atoms with E-state index in [1.165, 1.54) is 24.5 Å². The van der Waals surface area contributed by atoms with Gasteiger partial charge in [0.2, 0.25) is 0 Å². The first-order valence-corrected chi connectivity index (χ1v) is 11.5. The maximum absolute atomic E-state index is 13.0. The first-order valence-electron chi connectivity index (χ1n) is 10.7. The Kier molecular flexibility index (Phi) is 6.79. The SMILES string of the molecule is CNc1cc(C(=O)CNC(=O)c2ccc(OC)c(OC)c2)nc(-c2csc3c(C)cccc23)c1. The van der Waals surface area contributed by atoms with Gasteiger partial charge in [-0.05, 0) is 42.8 Å². The molecule has 0 bridgehead atoms. The summed E-state index contributed by atoms with van der Waals surface area (Å²) >= 11 is 1.66. The molecule has 4 aromatic rings. The number of hydrogen-bond acceptors (Lipinski definition) is 7. The van der Waals surface area contributed by atoms with Gasteiger partial charge in [-0.3, -0.25) is 9.59 Å². The first-order chi connectivity index (χ1) is 16.4. The van der Waals surface area contributed by atoms with Gasteiger partial charge in [-0.1, -0.05) is 18.2 Å². The number of nitrogens with one attached hydrogen (secondary N) is 2. The Balaban J connectivity index is 1.57. The van der Waals surface area contributed by atoms with Gasteiger partial charge < -0.3 is 20.1 Å². The monoisotopic (exact) mass is 475 g/mol. The van der Waals surface area contributed by atoms with Gasteiger partial charge in [-0.25, -0.2) is 4.98 Å². The van der Waals surface area contributed by atoms with Crippen molar-refractivity contribution in [2.24, 2.45) is 0 Å². The molecule has 34 heavy (non-hydrogen) atoms. The molecule has 0 unspecified atom stereocenters. The number of aromatic nitrogens is 1. The molecule has 0 aliphatic carbocycles. The number of ketones is 1. The van der Waals surface area contributed by atoms with Crippen LogP contribution in [0.1, 0.15) is 26.4 Å². The van der Waals surface area contributed by atoms with Crippen molar-refractivity contribution in [2.75, 3.05) is 33.1 Å². The predicted octanol–water partition coefficient (Wildman–Crippen LogP) is 4.94. The third kappa shape index (κ3) is 4.58. The molecular formula is C26H25N3O4S. The van der Waals surface area contributed by atoms with E-state index in [-0.39, 0.29) is 18.0 Å². The van der Waals surface area contributed by atoms with E-state index in [0.29, 0.717) is 22.8 Å². The van der Waals surface area contributed by atoms with Crippen LogP contribution in [0.5, 0.6) is 11.5 Å². The minimum Gasteiger partial charge on any atom is -0.493 e. The Hall–Kier alpha value is -3.91. The van der Waals surface area contributed by atoms with E-state index in [2.05, 4.69) is 40.1 Å². The fourth-order valence-electron chi connectivity index (χ4n) is 3.69. The molecule has 0 radical (unpaired) electrons. The van der Waals surface area contributed by atoms with Gasteiger partial charge in [-0.2, -0.15) is 0 Å². The van der Waals surface area contributed by atoms with Crippen LogP contribution in [0.3, 0.4) is 0 Å². The van der Waals surface area contributed by atoms with E-state index in [1.54, 1.807) is 42.6 Å². The molecule has 0 fully saturated rings. The Labute approximate surface area is 201 Å². The van der Waals surface area contributed by atoms with E-state index in [4.69, 9.17) is 9.47 Å². The highest BCUT2D eigenvalue weighted by atomic mass is 32.1. The van der Waals surface area contributed by atoms with E-state index >= 15 is 0 Å². The number of rotatable bonds is 8. The number of carbonyl (C=O) groups is 2. The van der Waals surface area contributed by atoms with Crippen molar-refractivity contribution in [3.8, 4) is 22.8 Å². The quantitative estimate of drug-likeness (QED) is 0.351. The molecular weight excluding hydrogens is 450 g/mol. The molecule has 2 aromatic carbocycles. The number of carbonyl (C=O) groups excluding carboxylic acids is 2. The summed E-state index contributed by atoms with van der Waals surface area (Å²) in [6.45, 7) is 1.90. The van der Waals surface area contributed by atoms with Crippen molar-refractivity contribution in [2.45, 2.75) is 6.92 Å². The molecule has 0 atom stereocenters. The van der Waals surface area contributed by atoms with Crippen LogP contribution < -0.4 is 20.1 Å². The summed E-state index contributed by atoms with van der Waals surface area (Å²) in [6.07, 6.45) is 0. The molecule has 174 valence electrons. The summed E-state index contributed by atoms with van der Waals surface area (Å²) in [4.78, 5) is 30.2. The fraction of sp³-hybridized carbons (Fsp3) is 0.192. The minimum absolute atomic E-state index is 0.184. The van der Waals surface area contributed by atoms with Crippen molar-refractivity contribution in [3.05, 3.63) is 70.7 Å². The summed E-state index contributed by atoms with van der Waals surface area (Å²) in [6, 6.07) is 14.6. The van der Waals surface area contributed by atoms with Crippen molar-refractivity contribution < 1.29 is 19.1 Å². The number of Topliss-reactive ketones (excluding diaryl/α,β-unsaturated/α-hetero) is 1. The van der Waals surface area contributed by atoms with E-state index < -0.39 is 5.91 Å². The maximum atomic E-state index is 13.0. The molecule has 1 amide bonds. The van der Waals surface area contributed by atoms with Crippen LogP contribution in [-0.4, -0.2) is 44.5 Å². The number of nitrogens with zero attached hydrogens (tertiary/aromatic N) is 1. The van der Waals surface area contributed by atoms with Gasteiger partial charge in [0, 0.05) is 39.3 Å². The number of aryl methyl sites for hydroxylation is 1. The Morgan fingerprint density at radius 3 is 2.56 bits per heavy atom. The Bertz CT molecular complexity index is 1380. The van der Waals surface area contributed by atoms with Crippen LogP contribution in [0.2, 0.25) is 0 Å². The zero-order valence-corrected chi connectivity index (χ0v) is 20.2. The summed E-state index contributed by atoms with van der Waals surface area (Å²) in [5.74, 6) is 0.279. The zero-order chi connectivity index (χ0) is 24.2. The number of thiophene rings is 1. The lowest BCUT2D eigenvalue weighted by Crippen LogP contribution is -2.30. The number of anilines is 1. The van der Waals surface area contributed by atoms with Gasteiger partial charge in [-0.15, -0.1) is 11.3 Å². The number of amides is 1. The first kappa shape index (κ1) is 23.3. The largest absolute Gasteiger partial charge is 0.493 e. The van der Waals surface area contributed by atoms with E-state index in [0.717, 1.165) is 16.6 Å². The highest BCUT2D eigenvalue weighted by Gasteiger charge is 2.17. The molecule has 0 aliphatic heterocycles. The van der Waals surface area contributed by atoms with Crippen molar-refractivity contribution >= 4 is 38.8 Å². The standard InChI is InChI=1S/C26H25N3O4S/c1-15-6-5-7-18-19(14-34-25(15)18)20-11-17(27-2)12-21(29-20)22(30)13-28-26(31)16-8-9-23(32-3)24(10-16)33-4/h5-12,14H,13H2,1-4H3,(H,27,29)(H,28,31). The summed E-state index contributed by atoms with van der Waals surface area (Å²) in [5.41, 5.74) is 4.30. The summed E-state index contributed by atoms with van der Waals surface area (Å²) in [7, 11) is 4.82. The topological polar surface area (TPSA) is 89.6 Å². The lowest BCUT2D eigenvalue weighted by atomic mass is 10.1. The maximum Gasteiger partial charge on any atom is 0.251 e. The van der Waals surface area contributed by atoms with Crippen molar-refractivity contribution in [3.63, 3.8) is 0 Å². The Morgan fingerprint density at radius 1 is 1.03 bits per heavy atom. The average Bonchev–Trinajstić information content (AvgIpc) is 3.31.